The highest BCUT2D eigenvalue weighted by Gasteiger charge is 2.27. The molecule has 3 aliphatic heterocycles. The molecule has 0 saturated carbocycles. The van der Waals surface area contributed by atoms with Crippen molar-refractivity contribution in [2.45, 2.75) is 39.5 Å². The lowest BCUT2D eigenvalue weighted by Crippen LogP contribution is -2.39. The van der Waals surface area contributed by atoms with Gasteiger partial charge in [0.1, 0.15) is 30.3 Å². The van der Waals surface area contributed by atoms with Gasteiger partial charge < -0.3 is 19.5 Å². The average molecular weight is 498 g/mol. The van der Waals surface area contributed by atoms with Gasteiger partial charge in [0.15, 0.2) is 6.61 Å². The molecular formula is C31H33N2O4+. The largest absolute Gasteiger partial charge is 0.482 e. The summed E-state index contributed by atoms with van der Waals surface area (Å²) in [4.78, 5) is 13.4. The third kappa shape index (κ3) is 4.24. The highest BCUT2D eigenvalue weighted by atomic mass is 16.5. The third-order valence-electron chi connectivity index (χ3n) is 7.82. The predicted octanol–water partition coefficient (Wildman–Crippen LogP) is 3.73. The van der Waals surface area contributed by atoms with Crippen molar-refractivity contribution in [1.82, 2.24) is 4.58 Å². The summed E-state index contributed by atoms with van der Waals surface area (Å²) in [5, 5.41) is 11.4. The fourth-order valence-electron chi connectivity index (χ4n) is 6.03. The Morgan fingerprint density at radius 3 is 2.59 bits per heavy atom. The van der Waals surface area contributed by atoms with Crippen molar-refractivity contribution in [2.24, 2.45) is 0 Å². The van der Waals surface area contributed by atoms with Crippen LogP contribution >= 0.6 is 0 Å². The minimum Gasteiger partial charge on any atom is -0.482 e. The van der Waals surface area contributed by atoms with E-state index in [-0.39, 0.29) is 6.61 Å². The molecule has 3 aromatic rings. The molecule has 0 aromatic heterocycles. The number of hydrogen-bond donors (Lipinski definition) is 1. The number of benzene rings is 3. The van der Waals surface area contributed by atoms with Crippen molar-refractivity contribution in [1.29, 1.82) is 0 Å². The van der Waals surface area contributed by atoms with Gasteiger partial charge >= 0.3 is 5.97 Å². The molecule has 1 N–H and O–H groups in total. The number of ether oxygens (including phenoxy) is 2. The average Bonchev–Trinajstić information content (AvgIpc) is 2.92. The quantitative estimate of drug-likeness (QED) is 0.412. The van der Waals surface area contributed by atoms with Crippen LogP contribution in [0.4, 0.5) is 5.69 Å². The van der Waals surface area contributed by atoms with E-state index in [1.165, 1.54) is 22.2 Å². The normalized spacial score (nSPS) is 15.8. The van der Waals surface area contributed by atoms with Gasteiger partial charge in [-0.15, -0.1) is 0 Å². The van der Waals surface area contributed by atoms with Gasteiger partial charge in [0.05, 0.1) is 6.07 Å². The lowest BCUT2D eigenvalue weighted by Gasteiger charge is -2.32. The van der Waals surface area contributed by atoms with Crippen molar-refractivity contribution >= 4 is 17.2 Å². The van der Waals surface area contributed by atoms with E-state index in [0.717, 1.165) is 85.3 Å². The van der Waals surface area contributed by atoms with Crippen LogP contribution in [0.5, 0.6) is 17.2 Å². The molecule has 0 unspecified atom stereocenters. The third-order valence-corrected chi connectivity index (χ3v) is 7.82. The number of anilines is 1. The van der Waals surface area contributed by atoms with Crippen LogP contribution in [0.25, 0.3) is 5.57 Å². The number of nitrogens with zero attached hydrogens (tertiary/aromatic N) is 2. The fraction of sp³-hybridized carbons (Fsp3) is 0.355. The van der Waals surface area contributed by atoms with Gasteiger partial charge in [0.2, 0.25) is 5.36 Å². The van der Waals surface area contributed by atoms with Crippen molar-refractivity contribution in [2.75, 3.05) is 37.7 Å². The van der Waals surface area contributed by atoms with E-state index in [2.05, 4.69) is 47.6 Å². The smallest absolute Gasteiger partial charge is 0.341 e. The lowest BCUT2D eigenvalue weighted by molar-refractivity contribution is -0.139. The summed E-state index contributed by atoms with van der Waals surface area (Å²) < 4.78 is 14.5. The number of carboxylic acids is 1. The van der Waals surface area contributed by atoms with E-state index in [1.54, 1.807) is 0 Å². The maximum atomic E-state index is 10.9. The van der Waals surface area contributed by atoms with Gasteiger partial charge in [-0.25, -0.2) is 9.37 Å². The number of carboxylic acid groups (broad SMARTS) is 1. The zero-order valence-electron chi connectivity index (χ0n) is 21.5. The summed E-state index contributed by atoms with van der Waals surface area (Å²) in [5.74, 6) is 1.35. The van der Waals surface area contributed by atoms with Crippen LogP contribution in [0.1, 0.15) is 48.9 Å². The molecule has 0 radical (unpaired) electrons. The lowest BCUT2D eigenvalue weighted by atomic mass is 9.88. The van der Waals surface area contributed by atoms with Crippen LogP contribution in [0.2, 0.25) is 0 Å². The van der Waals surface area contributed by atoms with Crippen molar-refractivity contribution in [3.05, 3.63) is 81.4 Å². The molecule has 6 heteroatoms. The molecule has 3 aromatic carbocycles. The molecule has 3 heterocycles. The van der Waals surface area contributed by atoms with E-state index in [0.29, 0.717) is 5.75 Å². The molecule has 0 aliphatic carbocycles. The van der Waals surface area contributed by atoms with Gasteiger partial charge in [-0.2, -0.15) is 0 Å². The molecule has 0 amide bonds. The molecule has 6 rings (SSSR count). The van der Waals surface area contributed by atoms with Crippen molar-refractivity contribution in [3.63, 3.8) is 0 Å². The van der Waals surface area contributed by atoms with Gasteiger partial charge in [0, 0.05) is 53.2 Å². The highest BCUT2D eigenvalue weighted by molar-refractivity contribution is 5.87. The summed E-state index contributed by atoms with van der Waals surface area (Å²) in [7, 11) is 0. The van der Waals surface area contributed by atoms with Gasteiger partial charge in [-0.1, -0.05) is 12.1 Å². The molecule has 190 valence electrons. The van der Waals surface area contributed by atoms with Crippen LogP contribution in [-0.2, 0) is 17.6 Å². The Bertz CT molecular complexity index is 1510. The first-order valence-corrected chi connectivity index (χ1v) is 13.4. The Balaban J connectivity index is 1.58. The predicted molar refractivity (Wildman–Crippen MR) is 145 cm³/mol. The Morgan fingerprint density at radius 1 is 1.03 bits per heavy atom. The minimum absolute atomic E-state index is 0.352. The Morgan fingerprint density at radius 2 is 1.84 bits per heavy atom. The molecule has 0 spiro atoms. The molecule has 37 heavy (non-hydrogen) atoms. The maximum absolute atomic E-state index is 10.9. The molecular weight excluding hydrogens is 464 g/mol. The maximum Gasteiger partial charge on any atom is 0.341 e. The molecule has 0 saturated heterocycles. The van der Waals surface area contributed by atoms with Gasteiger partial charge in [-0.3, -0.25) is 0 Å². The zero-order chi connectivity index (χ0) is 25.5. The number of carbonyl (C=O) groups is 1. The number of aliphatic carboxylic acids is 1. The highest BCUT2D eigenvalue weighted by Crippen LogP contribution is 2.42. The number of rotatable bonds is 6. The molecule has 0 atom stereocenters. The van der Waals surface area contributed by atoms with E-state index in [1.807, 2.05) is 24.3 Å². The van der Waals surface area contributed by atoms with E-state index < -0.39 is 5.97 Å². The fourth-order valence-corrected chi connectivity index (χ4v) is 6.03. The van der Waals surface area contributed by atoms with Crippen molar-refractivity contribution < 1.29 is 19.4 Å². The first-order valence-electron chi connectivity index (χ1n) is 13.4. The number of hydrogen-bond acceptors (Lipinski definition) is 4. The zero-order valence-corrected chi connectivity index (χ0v) is 21.5. The second kappa shape index (κ2) is 9.58. The molecule has 0 fully saturated rings. The number of fused-ring (bicyclic) bond motifs is 4. The van der Waals surface area contributed by atoms with Crippen molar-refractivity contribution in [3.8, 4) is 17.2 Å². The summed E-state index contributed by atoms with van der Waals surface area (Å²) in [6.45, 7) is 8.18. The van der Waals surface area contributed by atoms with E-state index in [9.17, 15) is 4.79 Å². The second-order valence-corrected chi connectivity index (χ2v) is 10.0. The van der Waals surface area contributed by atoms with Crippen LogP contribution in [0, 0.1) is 0 Å². The van der Waals surface area contributed by atoms with Gasteiger partial charge in [-0.05, 0) is 68.5 Å². The summed E-state index contributed by atoms with van der Waals surface area (Å²) >= 11 is 0. The molecule has 3 aliphatic rings. The van der Waals surface area contributed by atoms with Crippen LogP contribution < -0.4 is 29.5 Å². The van der Waals surface area contributed by atoms with Crippen LogP contribution in [0.3, 0.4) is 0 Å². The van der Waals surface area contributed by atoms with Crippen LogP contribution in [0.15, 0.2) is 48.5 Å². The minimum atomic E-state index is -0.984. The molecule has 6 nitrogen and oxygen atoms in total. The number of aryl methyl sites for hydroxylation is 2. The summed E-state index contributed by atoms with van der Waals surface area (Å²) in [6, 6.07) is 16.9. The van der Waals surface area contributed by atoms with E-state index >= 15 is 0 Å². The van der Waals surface area contributed by atoms with Gasteiger partial charge in [0.25, 0.3) is 0 Å². The standard InChI is InChI=1S/C31H32N2O4/c1-3-32-13-5-7-21-15-24-28(17-26(21)32)37-29-18-27-22(8-6-14-33(27)4-2)16-25(29)31(24)20-9-11-23(12-10-20)36-19-30(34)35/h9-12,15-18H,3-8,13-14,19H2,1-2H3/p+1. The first-order chi connectivity index (χ1) is 18.1. The summed E-state index contributed by atoms with van der Waals surface area (Å²) in [6.07, 6.45) is 4.44. The van der Waals surface area contributed by atoms with Crippen LogP contribution in [-0.4, -0.2) is 43.9 Å². The Labute approximate surface area is 217 Å². The monoisotopic (exact) mass is 497 g/mol. The first kappa shape index (κ1) is 23.6. The summed E-state index contributed by atoms with van der Waals surface area (Å²) in [5.41, 5.74) is 7.36. The van der Waals surface area contributed by atoms with E-state index in [4.69, 9.17) is 14.6 Å². The topological polar surface area (TPSA) is 62.0 Å². The SMILES string of the molecule is CCN1CCCc2cc3c(cc21)Oc1cc2c(cc1=C3c1ccc(OCC(=O)O)cc1)CCC[N+]=2CC. The molecule has 0 bridgehead atoms. The Hall–Kier alpha value is -3.80. The second-order valence-electron chi connectivity index (χ2n) is 10.0. The Kier molecular flexibility index (Phi) is 6.11.